The Morgan fingerprint density at radius 1 is 0.420 bits per heavy atom. The van der Waals surface area contributed by atoms with Crippen molar-refractivity contribution in [1.29, 1.82) is 15.8 Å². The minimum atomic E-state index is -2.09. The minimum Gasteiger partial charge on any atom is -0.309 e. The number of rotatable bonds is 6. The molecule has 0 aliphatic carbocycles. The fraction of sp³-hybridized carbons (Fsp3) is 0. The van der Waals surface area contributed by atoms with Gasteiger partial charge in [-0.15, -0.1) is 10.0 Å². The van der Waals surface area contributed by atoms with Gasteiger partial charge in [0, 0.05) is 36.0 Å². The highest BCUT2D eigenvalue weighted by atomic mass is 32.3. The molecule has 0 radical (unpaired) electrons. The van der Waals surface area contributed by atoms with Crippen molar-refractivity contribution in [1.82, 2.24) is 4.57 Å². The summed E-state index contributed by atoms with van der Waals surface area (Å²) in [5.74, 6) is 0. The topological polar surface area (TPSA) is 76.3 Å². The van der Waals surface area contributed by atoms with E-state index in [1.165, 1.54) is 14.7 Å². The Kier molecular flexibility index (Phi) is 7.71. The molecule has 0 atom stereocenters. The van der Waals surface area contributed by atoms with Gasteiger partial charge in [-0.1, -0.05) is 72.8 Å². The summed E-state index contributed by atoms with van der Waals surface area (Å²) in [5, 5.41) is 31.5. The SMILES string of the molecule is N#Cc1ccc(-c2cccc(-n3c4ccc(C#N)cc4c4cc(C#N)ccc43)c2)c(S(c2ccccc2)(c2ccccc2)c2ccccc2)c1. The number of hydrogen-bond acceptors (Lipinski definition) is 3. The summed E-state index contributed by atoms with van der Waals surface area (Å²) in [4.78, 5) is 4.61. The molecule has 0 fully saturated rings. The zero-order valence-corrected chi connectivity index (χ0v) is 27.7. The molecule has 0 saturated carbocycles. The summed E-state index contributed by atoms with van der Waals surface area (Å²) < 4.78 is 2.20. The summed E-state index contributed by atoms with van der Waals surface area (Å²) in [5.41, 5.74) is 6.63. The lowest BCUT2D eigenvalue weighted by Gasteiger charge is -2.43. The quantitative estimate of drug-likeness (QED) is 0.179. The first kappa shape index (κ1) is 30.5. The van der Waals surface area contributed by atoms with E-state index in [9.17, 15) is 15.8 Å². The second kappa shape index (κ2) is 12.6. The first-order valence-electron chi connectivity index (χ1n) is 16.2. The van der Waals surface area contributed by atoms with Crippen LogP contribution in [-0.2, 0) is 0 Å². The summed E-state index contributed by atoms with van der Waals surface area (Å²) >= 11 is 0. The van der Waals surface area contributed by atoms with Crippen LogP contribution in [0.15, 0.2) is 189 Å². The average Bonchev–Trinajstić information content (AvgIpc) is 3.52. The molecule has 1 heterocycles. The van der Waals surface area contributed by atoms with Crippen molar-refractivity contribution in [2.45, 2.75) is 19.6 Å². The summed E-state index contributed by atoms with van der Waals surface area (Å²) in [6.07, 6.45) is 0. The first-order valence-corrected chi connectivity index (χ1v) is 17.8. The van der Waals surface area contributed by atoms with E-state index >= 15 is 0 Å². The van der Waals surface area contributed by atoms with Crippen molar-refractivity contribution < 1.29 is 0 Å². The van der Waals surface area contributed by atoms with E-state index in [1.807, 2.05) is 60.7 Å². The van der Waals surface area contributed by atoms with Gasteiger partial charge in [-0.3, -0.25) is 0 Å². The molecule has 0 aliphatic heterocycles. The first-order chi connectivity index (χ1) is 24.6. The van der Waals surface area contributed by atoms with Crippen LogP contribution < -0.4 is 0 Å². The molecule has 234 valence electrons. The maximum Gasteiger partial charge on any atom is 0.0992 e. The molecule has 7 aromatic carbocycles. The van der Waals surface area contributed by atoms with Gasteiger partial charge in [0.15, 0.2) is 0 Å². The fourth-order valence-electron chi connectivity index (χ4n) is 7.00. The van der Waals surface area contributed by atoms with Gasteiger partial charge in [-0.2, -0.15) is 15.8 Å². The lowest BCUT2D eigenvalue weighted by molar-refractivity contribution is 1.18. The Labute approximate surface area is 292 Å². The lowest BCUT2D eigenvalue weighted by atomic mass is 10.0. The number of nitriles is 3. The van der Waals surface area contributed by atoms with Crippen molar-refractivity contribution in [3.63, 3.8) is 0 Å². The number of benzene rings is 7. The average molecular weight is 657 g/mol. The van der Waals surface area contributed by atoms with E-state index in [2.05, 4.69) is 132 Å². The molecule has 5 heteroatoms. The monoisotopic (exact) mass is 656 g/mol. The van der Waals surface area contributed by atoms with Crippen LogP contribution in [-0.4, -0.2) is 4.57 Å². The fourth-order valence-corrected chi connectivity index (χ4v) is 11.1. The molecule has 0 amide bonds. The Morgan fingerprint density at radius 3 is 1.36 bits per heavy atom. The highest BCUT2D eigenvalue weighted by Gasteiger charge is 2.35. The van der Waals surface area contributed by atoms with Crippen molar-refractivity contribution >= 4 is 31.8 Å². The molecule has 0 spiro atoms. The van der Waals surface area contributed by atoms with Gasteiger partial charge in [0.1, 0.15) is 0 Å². The third-order valence-electron chi connectivity index (χ3n) is 9.17. The highest BCUT2D eigenvalue weighted by Crippen LogP contribution is 2.75. The van der Waals surface area contributed by atoms with Crippen LogP contribution in [0.3, 0.4) is 0 Å². The standard InChI is InChI=1S/C45H28N4S/c46-29-32-20-23-43-41(25-32)42-26-33(30-47)21-24-44(42)49(43)36-12-10-11-35(28-36)40-22-19-34(31-48)27-45(40)50(37-13-4-1-5-14-37,38-15-6-2-7-16-38)39-17-8-3-9-18-39/h1-28H. The van der Waals surface area contributed by atoms with E-state index in [4.69, 9.17) is 0 Å². The maximum atomic E-state index is 10.3. The van der Waals surface area contributed by atoms with E-state index in [-0.39, 0.29) is 0 Å². The molecule has 4 nitrogen and oxygen atoms in total. The molecular weight excluding hydrogens is 629 g/mol. The summed E-state index contributed by atoms with van der Waals surface area (Å²) in [6, 6.07) is 64.9. The summed E-state index contributed by atoms with van der Waals surface area (Å²) in [6.45, 7) is 0. The van der Waals surface area contributed by atoms with Crippen molar-refractivity contribution in [2.75, 3.05) is 0 Å². The van der Waals surface area contributed by atoms with Crippen LogP contribution in [0, 0.1) is 34.0 Å². The molecule has 0 saturated heterocycles. The van der Waals surface area contributed by atoms with Crippen molar-refractivity contribution in [3.05, 3.63) is 187 Å². The molecular formula is C45H28N4S. The van der Waals surface area contributed by atoms with Gasteiger partial charge in [-0.05, 0) is 108 Å². The Balaban J connectivity index is 1.44. The van der Waals surface area contributed by atoms with Crippen LogP contribution in [0.2, 0.25) is 0 Å². The molecule has 0 N–H and O–H groups in total. The van der Waals surface area contributed by atoms with Crippen molar-refractivity contribution in [2.24, 2.45) is 0 Å². The molecule has 8 rings (SSSR count). The largest absolute Gasteiger partial charge is 0.309 e. The number of nitrogens with zero attached hydrogens (tertiary/aromatic N) is 4. The summed E-state index contributed by atoms with van der Waals surface area (Å²) in [7, 11) is -2.09. The van der Waals surface area contributed by atoms with Gasteiger partial charge in [0.2, 0.25) is 0 Å². The molecule has 50 heavy (non-hydrogen) atoms. The molecule has 0 aliphatic rings. The van der Waals surface area contributed by atoms with Crippen LogP contribution >= 0.6 is 10.0 Å². The van der Waals surface area contributed by atoms with Gasteiger partial charge in [-0.25, -0.2) is 0 Å². The minimum absolute atomic E-state index is 0.567. The smallest absolute Gasteiger partial charge is 0.0992 e. The number of fused-ring (bicyclic) bond motifs is 3. The van der Waals surface area contributed by atoms with Gasteiger partial charge in [0.25, 0.3) is 0 Å². The second-order valence-corrected chi connectivity index (χ2v) is 15.0. The van der Waals surface area contributed by atoms with Gasteiger partial charge < -0.3 is 4.57 Å². The van der Waals surface area contributed by atoms with Gasteiger partial charge in [0.05, 0.1) is 45.9 Å². The highest BCUT2D eigenvalue weighted by molar-refractivity contribution is 8.34. The molecule has 8 aromatic rings. The number of hydrogen-bond donors (Lipinski definition) is 0. The zero-order chi connectivity index (χ0) is 34.1. The van der Waals surface area contributed by atoms with Gasteiger partial charge >= 0.3 is 0 Å². The van der Waals surface area contributed by atoms with E-state index in [0.717, 1.165) is 43.5 Å². The molecule has 0 unspecified atom stereocenters. The predicted molar refractivity (Wildman–Crippen MR) is 200 cm³/mol. The Morgan fingerprint density at radius 2 is 0.880 bits per heavy atom. The molecule has 0 bridgehead atoms. The van der Waals surface area contributed by atoms with Crippen LogP contribution in [0.25, 0.3) is 38.6 Å². The third kappa shape index (κ3) is 4.92. The second-order valence-electron chi connectivity index (χ2n) is 11.9. The predicted octanol–water partition coefficient (Wildman–Crippen LogP) is 11.4. The maximum absolute atomic E-state index is 10.3. The lowest BCUT2D eigenvalue weighted by Crippen LogP contribution is -2.07. The van der Waals surface area contributed by atoms with Crippen molar-refractivity contribution in [3.8, 4) is 35.0 Å². The zero-order valence-electron chi connectivity index (χ0n) is 26.9. The Bertz CT molecular complexity index is 2510. The van der Waals surface area contributed by atoms with E-state index in [0.29, 0.717) is 16.7 Å². The normalized spacial score (nSPS) is 11.5. The van der Waals surface area contributed by atoms with Crippen LogP contribution in [0.4, 0.5) is 0 Å². The molecule has 1 aromatic heterocycles. The number of aromatic nitrogens is 1. The van der Waals surface area contributed by atoms with E-state index < -0.39 is 10.0 Å². The third-order valence-corrected chi connectivity index (χ3v) is 13.1. The van der Waals surface area contributed by atoms with E-state index in [1.54, 1.807) is 0 Å². The Hall–Kier alpha value is -6.84. The van der Waals surface area contributed by atoms with Crippen LogP contribution in [0.1, 0.15) is 16.7 Å². The van der Waals surface area contributed by atoms with Crippen LogP contribution in [0.5, 0.6) is 0 Å².